The van der Waals surface area contributed by atoms with Gasteiger partial charge in [0.1, 0.15) is 5.76 Å². The Morgan fingerprint density at radius 2 is 2.00 bits per heavy atom. The minimum atomic E-state index is -0.0295. The Bertz CT molecular complexity index is 775. The second-order valence-electron chi connectivity index (χ2n) is 8.02. The minimum absolute atomic E-state index is 0.0295. The van der Waals surface area contributed by atoms with Gasteiger partial charge in [-0.15, -0.1) is 0 Å². The van der Waals surface area contributed by atoms with Gasteiger partial charge in [-0.2, -0.15) is 0 Å². The van der Waals surface area contributed by atoms with Gasteiger partial charge in [0, 0.05) is 38.6 Å². The lowest BCUT2D eigenvalue weighted by molar-refractivity contribution is 0.258. The molecule has 0 saturated carbocycles. The number of guanidine groups is 1. The first-order chi connectivity index (χ1) is 13.0. The van der Waals surface area contributed by atoms with Crippen LogP contribution in [0.1, 0.15) is 43.5 Å². The van der Waals surface area contributed by atoms with Crippen molar-refractivity contribution in [2.24, 2.45) is 4.99 Å². The standard InChI is InChI=1S/C21H31N5O/c1-21(2,3)18-13-24-19(27-18)14-25-20(22-4)23-10-12-26-11-9-16-7-5-6-8-17(16)15-26/h5-8,13H,9-12,14-15H2,1-4H3,(H2,22,23,25). The molecule has 27 heavy (non-hydrogen) atoms. The summed E-state index contributed by atoms with van der Waals surface area (Å²) in [5.41, 5.74) is 2.91. The van der Waals surface area contributed by atoms with Gasteiger partial charge in [-0.25, -0.2) is 4.98 Å². The summed E-state index contributed by atoms with van der Waals surface area (Å²) in [6.07, 6.45) is 2.94. The highest BCUT2D eigenvalue weighted by Crippen LogP contribution is 2.22. The van der Waals surface area contributed by atoms with E-state index in [9.17, 15) is 0 Å². The van der Waals surface area contributed by atoms with Gasteiger partial charge in [-0.1, -0.05) is 45.0 Å². The highest BCUT2D eigenvalue weighted by atomic mass is 16.4. The number of nitrogens with one attached hydrogen (secondary N) is 2. The molecular weight excluding hydrogens is 338 g/mol. The number of hydrogen-bond acceptors (Lipinski definition) is 4. The summed E-state index contributed by atoms with van der Waals surface area (Å²) < 4.78 is 5.81. The van der Waals surface area contributed by atoms with Crippen LogP contribution in [0.5, 0.6) is 0 Å². The van der Waals surface area contributed by atoms with E-state index in [1.807, 2.05) is 0 Å². The summed E-state index contributed by atoms with van der Waals surface area (Å²) >= 11 is 0. The van der Waals surface area contributed by atoms with Gasteiger partial charge in [0.05, 0.1) is 12.7 Å². The highest BCUT2D eigenvalue weighted by molar-refractivity contribution is 5.79. The van der Waals surface area contributed by atoms with Crippen LogP contribution >= 0.6 is 0 Å². The third-order valence-corrected chi connectivity index (χ3v) is 4.85. The van der Waals surface area contributed by atoms with Gasteiger partial charge in [0.25, 0.3) is 0 Å². The normalized spacial score (nSPS) is 15.5. The Labute approximate surface area is 162 Å². The van der Waals surface area contributed by atoms with Crippen LogP contribution in [0.25, 0.3) is 0 Å². The summed E-state index contributed by atoms with van der Waals surface area (Å²) in [6.45, 7) is 10.8. The zero-order valence-electron chi connectivity index (χ0n) is 16.9. The lowest BCUT2D eigenvalue weighted by Crippen LogP contribution is -2.42. The van der Waals surface area contributed by atoms with Gasteiger partial charge in [0.2, 0.25) is 5.89 Å². The zero-order chi connectivity index (χ0) is 19.3. The third kappa shape index (κ3) is 5.32. The summed E-state index contributed by atoms with van der Waals surface area (Å²) in [6, 6.07) is 8.73. The Balaban J connectivity index is 1.42. The van der Waals surface area contributed by atoms with Crippen molar-refractivity contribution in [3.8, 4) is 0 Å². The minimum Gasteiger partial charge on any atom is -0.443 e. The maximum absolute atomic E-state index is 5.81. The van der Waals surface area contributed by atoms with Gasteiger partial charge < -0.3 is 15.1 Å². The Hall–Kier alpha value is -2.34. The van der Waals surface area contributed by atoms with E-state index in [1.54, 1.807) is 13.2 Å². The van der Waals surface area contributed by atoms with Crippen LogP contribution < -0.4 is 10.6 Å². The summed E-state index contributed by atoms with van der Waals surface area (Å²) in [4.78, 5) is 11.1. The van der Waals surface area contributed by atoms with E-state index in [1.165, 1.54) is 11.1 Å². The molecule has 0 amide bonds. The molecule has 3 rings (SSSR count). The molecule has 2 N–H and O–H groups in total. The van der Waals surface area contributed by atoms with Crippen LogP contribution in [0.3, 0.4) is 0 Å². The van der Waals surface area contributed by atoms with E-state index >= 15 is 0 Å². The van der Waals surface area contributed by atoms with E-state index in [2.05, 4.69) is 70.5 Å². The topological polar surface area (TPSA) is 65.7 Å². The molecule has 1 aromatic carbocycles. The predicted octanol–water partition coefficient (Wildman–Crippen LogP) is 2.70. The fraction of sp³-hybridized carbons (Fsp3) is 0.524. The molecule has 2 heterocycles. The predicted molar refractivity (Wildman–Crippen MR) is 109 cm³/mol. The number of oxazole rings is 1. The molecule has 146 valence electrons. The van der Waals surface area contributed by atoms with Gasteiger partial charge in [-0.05, 0) is 17.5 Å². The number of benzene rings is 1. The molecule has 0 aliphatic carbocycles. The van der Waals surface area contributed by atoms with Crippen molar-refractivity contribution in [2.45, 2.75) is 45.7 Å². The number of nitrogens with zero attached hydrogens (tertiary/aromatic N) is 3. The smallest absolute Gasteiger partial charge is 0.213 e. The number of aromatic nitrogens is 1. The molecule has 1 aliphatic rings. The fourth-order valence-corrected chi connectivity index (χ4v) is 3.20. The number of fused-ring (bicyclic) bond motifs is 1. The van der Waals surface area contributed by atoms with E-state index < -0.39 is 0 Å². The quantitative estimate of drug-likeness (QED) is 0.627. The number of aliphatic imine (C=N–C) groups is 1. The van der Waals surface area contributed by atoms with Gasteiger partial charge >= 0.3 is 0 Å². The molecule has 0 spiro atoms. The van der Waals surface area contributed by atoms with Gasteiger partial charge in [-0.3, -0.25) is 9.89 Å². The molecule has 0 radical (unpaired) electrons. The maximum atomic E-state index is 5.81. The average molecular weight is 370 g/mol. The highest BCUT2D eigenvalue weighted by Gasteiger charge is 2.19. The Morgan fingerprint density at radius 3 is 2.70 bits per heavy atom. The molecule has 0 unspecified atom stereocenters. The monoisotopic (exact) mass is 369 g/mol. The first-order valence-electron chi connectivity index (χ1n) is 9.64. The Morgan fingerprint density at radius 1 is 1.22 bits per heavy atom. The summed E-state index contributed by atoms with van der Waals surface area (Å²) in [5, 5.41) is 6.64. The van der Waals surface area contributed by atoms with Gasteiger partial charge in [0.15, 0.2) is 5.96 Å². The van der Waals surface area contributed by atoms with Crippen molar-refractivity contribution < 1.29 is 4.42 Å². The average Bonchev–Trinajstić information content (AvgIpc) is 3.14. The second-order valence-corrected chi connectivity index (χ2v) is 8.02. The van der Waals surface area contributed by atoms with Crippen LogP contribution in [0.2, 0.25) is 0 Å². The number of rotatable bonds is 5. The molecule has 0 fully saturated rings. The third-order valence-electron chi connectivity index (χ3n) is 4.85. The van der Waals surface area contributed by atoms with Crippen LogP contribution in [0.15, 0.2) is 39.9 Å². The molecule has 6 heteroatoms. The molecular formula is C21H31N5O. The molecule has 6 nitrogen and oxygen atoms in total. The SMILES string of the molecule is CN=C(NCCN1CCc2ccccc2C1)NCc1ncc(C(C)(C)C)o1. The first kappa shape index (κ1) is 19.4. The van der Waals surface area contributed by atoms with Crippen molar-refractivity contribution in [3.63, 3.8) is 0 Å². The van der Waals surface area contributed by atoms with Crippen molar-refractivity contribution in [1.29, 1.82) is 0 Å². The summed E-state index contributed by atoms with van der Waals surface area (Å²) in [5.74, 6) is 2.34. The maximum Gasteiger partial charge on any atom is 0.213 e. The fourth-order valence-electron chi connectivity index (χ4n) is 3.20. The van der Waals surface area contributed by atoms with Crippen LogP contribution in [-0.4, -0.2) is 42.5 Å². The molecule has 0 bridgehead atoms. The second kappa shape index (κ2) is 8.57. The Kier molecular flexibility index (Phi) is 6.16. The largest absolute Gasteiger partial charge is 0.443 e. The molecule has 0 saturated heterocycles. The van der Waals surface area contributed by atoms with E-state index in [0.717, 1.165) is 44.3 Å². The van der Waals surface area contributed by atoms with Crippen molar-refractivity contribution in [2.75, 3.05) is 26.7 Å². The van der Waals surface area contributed by atoms with Crippen LogP contribution in [0, 0.1) is 0 Å². The van der Waals surface area contributed by atoms with E-state index in [-0.39, 0.29) is 5.41 Å². The van der Waals surface area contributed by atoms with Crippen molar-refractivity contribution >= 4 is 5.96 Å². The van der Waals surface area contributed by atoms with Crippen LogP contribution in [-0.2, 0) is 24.9 Å². The molecule has 0 atom stereocenters. The van der Waals surface area contributed by atoms with Crippen molar-refractivity contribution in [1.82, 2.24) is 20.5 Å². The molecule has 1 aromatic heterocycles. The lowest BCUT2D eigenvalue weighted by Gasteiger charge is -2.28. The lowest BCUT2D eigenvalue weighted by atomic mass is 9.94. The van der Waals surface area contributed by atoms with E-state index in [4.69, 9.17) is 4.42 Å². The summed E-state index contributed by atoms with van der Waals surface area (Å²) in [7, 11) is 1.78. The zero-order valence-corrected chi connectivity index (χ0v) is 16.9. The first-order valence-corrected chi connectivity index (χ1v) is 9.64. The van der Waals surface area contributed by atoms with Crippen molar-refractivity contribution in [3.05, 3.63) is 53.2 Å². The number of hydrogen-bond donors (Lipinski definition) is 2. The van der Waals surface area contributed by atoms with Crippen LogP contribution in [0.4, 0.5) is 0 Å². The molecule has 2 aromatic rings. The van der Waals surface area contributed by atoms with E-state index in [0.29, 0.717) is 12.4 Å². The molecule has 1 aliphatic heterocycles.